The van der Waals surface area contributed by atoms with Crippen molar-refractivity contribution in [3.63, 3.8) is 0 Å². The third-order valence-electron chi connectivity index (χ3n) is 9.59. The van der Waals surface area contributed by atoms with Crippen molar-refractivity contribution in [1.82, 2.24) is 0 Å². The van der Waals surface area contributed by atoms with Crippen LogP contribution < -0.4 is 14.4 Å². The Balaban J connectivity index is 1.31. The van der Waals surface area contributed by atoms with E-state index in [9.17, 15) is 37.0 Å². The van der Waals surface area contributed by atoms with E-state index < -0.39 is 42.0 Å². The van der Waals surface area contributed by atoms with Crippen molar-refractivity contribution in [3.8, 4) is 28.4 Å². The van der Waals surface area contributed by atoms with Gasteiger partial charge in [-0.3, -0.25) is 4.55 Å². The molecule has 1 aliphatic carbocycles. The van der Waals surface area contributed by atoms with Gasteiger partial charge in [0.15, 0.2) is 9.95 Å². The molecule has 14 heteroatoms. The van der Waals surface area contributed by atoms with E-state index in [1.807, 2.05) is 18.2 Å². The molecule has 0 spiro atoms. The first-order chi connectivity index (χ1) is 24.4. The topological polar surface area (TPSA) is 200 Å². The van der Waals surface area contributed by atoms with Gasteiger partial charge in [0.25, 0.3) is 10.1 Å². The number of rotatable bonds is 7. The van der Waals surface area contributed by atoms with Crippen LogP contribution in [0.1, 0.15) is 36.8 Å². The van der Waals surface area contributed by atoms with Crippen molar-refractivity contribution >= 4 is 53.2 Å². The van der Waals surface area contributed by atoms with Gasteiger partial charge in [0, 0.05) is 28.3 Å². The van der Waals surface area contributed by atoms with Crippen LogP contribution in [0.5, 0.6) is 17.2 Å². The van der Waals surface area contributed by atoms with Gasteiger partial charge in [-0.2, -0.15) is 16.8 Å². The lowest BCUT2D eigenvalue weighted by molar-refractivity contribution is -0.265. The van der Waals surface area contributed by atoms with E-state index in [-0.39, 0.29) is 43.6 Å². The molecule has 0 amide bonds. The van der Waals surface area contributed by atoms with Crippen LogP contribution in [0.3, 0.4) is 0 Å². The Morgan fingerprint density at radius 3 is 1.96 bits per heavy atom. The highest BCUT2D eigenvalue weighted by atomic mass is 32.2. The van der Waals surface area contributed by atoms with E-state index >= 15 is 0 Å². The zero-order chi connectivity index (χ0) is 36.1. The fourth-order valence-electron chi connectivity index (χ4n) is 7.32. The molecule has 12 nitrogen and oxygen atoms in total. The second-order valence-electron chi connectivity index (χ2n) is 12.3. The number of diazo groups is 2. The third-order valence-corrected chi connectivity index (χ3v) is 11.8. The van der Waals surface area contributed by atoms with Gasteiger partial charge in [-0.25, -0.2) is 0 Å². The van der Waals surface area contributed by atoms with E-state index in [4.69, 9.17) is 9.58 Å². The molecule has 51 heavy (non-hydrogen) atoms. The van der Waals surface area contributed by atoms with Gasteiger partial charge in [-0.1, -0.05) is 67.4 Å². The molecule has 0 unspecified atom stereocenters. The Morgan fingerprint density at radius 2 is 1.29 bits per heavy atom. The maximum Gasteiger partial charge on any atom is 0.378 e. The molecule has 1 N–H and O–H groups in total. The summed E-state index contributed by atoms with van der Waals surface area (Å²) in [5, 5.41) is 44.9. The maximum absolute atomic E-state index is 13.6. The Morgan fingerprint density at radius 1 is 0.647 bits per heavy atom. The zero-order valence-corrected chi connectivity index (χ0v) is 28.2. The van der Waals surface area contributed by atoms with Gasteiger partial charge in [-0.05, 0) is 93.8 Å². The van der Waals surface area contributed by atoms with Gasteiger partial charge >= 0.3 is 21.5 Å². The molecule has 7 rings (SSSR count). The monoisotopic (exact) mass is 718 g/mol. The number of hydrogen-bond acceptors (Lipinski definition) is 9. The highest BCUT2D eigenvalue weighted by Crippen LogP contribution is 2.51. The fraction of sp³-hybridized carbons (Fsp3) is 0.135. The minimum atomic E-state index is -4.71. The van der Waals surface area contributed by atoms with Crippen molar-refractivity contribution in [2.24, 2.45) is 0 Å². The third kappa shape index (κ3) is 5.56. The summed E-state index contributed by atoms with van der Waals surface area (Å²) in [7, 11) is -9.12. The van der Waals surface area contributed by atoms with Crippen LogP contribution >= 0.6 is 0 Å². The maximum atomic E-state index is 13.6. The van der Waals surface area contributed by atoms with Crippen LogP contribution in [0, 0.1) is 10.8 Å². The van der Waals surface area contributed by atoms with Crippen LogP contribution in [-0.2, 0) is 25.7 Å². The van der Waals surface area contributed by atoms with E-state index in [0.717, 1.165) is 24.0 Å². The van der Waals surface area contributed by atoms with Gasteiger partial charge in [0.05, 0.1) is 0 Å². The average Bonchev–Trinajstić information content (AvgIpc) is 3.62. The SMILES string of the molecule is N#[N+]c1ccc2c(S(=O)(=O)Oc3ccc(C4(c5ccccc5-c5ccc(S(=O)(=O)O)c6ccc([N+]#N)c([O-])c56)CCCC4)cc3)cccc2c1[O-]. The molecule has 6 aromatic rings. The molecular formula is C37H26N4O8S2. The quantitative estimate of drug-likeness (QED) is 0.0971. The Bertz CT molecular complexity index is 2710. The lowest BCUT2D eigenvalue weighted by Gasteiger charge is -2.33. The molecule has 1 fully saturated rings. The molecule has 0 heterocycles. The van der Waals surface area contributed by atoms with Crippen molar-refractivity contribution in [2.75, 3.05) is 0 Å². The van der Waals surface area contributed by atoms with Crippen LogP contribution in [-0.4, -0.2) is 21.4 Å². The summed E-state index contributed by atoms with van der Waals surface area (Å²) < 4.78 is 67.0. The zero-order valence-electron chi connectivity index (χ0n) is 26.6. The molecule has 0 saturated heterocycles. The first-order valence-electron chi connectivity index (χ1n) is 15.7. The predicted molar refractivity (Wildman–Crippen MR) is 185 cm³/mol. The summed E-state index contributed by atoms with van der Waals surface area (Å²) in [6.07, 6.45) is 3.16. The number of fused-ring (bicyclic) bond motifs is 2. The van der Waals surface area contributed by atoms with Gasteiger partial charge in [0.1, 0.15) is 15.5 Å². The molecule has 0 aliphatic heterocycles. The molecule has 1 aliphatic rings. The van der Waals surface area contributed by atoms with Crippen LogP contribution in [0.25, 0.3) is 42.6 Å². The van der Waals surface area contributed by atoms with E-state index in [1.54, 1.807) is 30.3 Å². The Hall–Kier alpha value is -6.06. The summed E-state index contributed by atoms with van der Waals surface area (Å²) in [6.45, 7) is 0. The van der Waals surface area contributed by atoms with Gasteiger partial charge in [0.2, 0.25) is 10.8 Å². The molecule has 0 bridgehead atoms. The van der Waals surface area contributed by atoms with Crippen molar-refractivity contribution in [1.29, 1.82) is 10.8 Å². The van der Waals surface area contributed by atoms with Crippen LogP contribution in [0.2, 0.25) is 0 Å². The van der Waals surface area contributed by atoms with E-state index in [2.05, 4.69) is 9.95 Å². The lowest BCUT2D eigenvalue weighted by atomic mass is 9.70. The van der Waals surface area contributed by atoms with E-state index in [1.165, 1.54) is 54.6 Å². The van der Waals surface area contributed by atoms with Crippen LogP contribution in [0.15, 0.2) is 113 Å². The minimum absolute atomic E-state index is 0.0214. The Labute approximate surface area is 292 Å². The summed E-state index contributed by atoms with van der Waals surface area (Å²) in [4.78, 5) is 5.35. The molecule has 0 radical (unpaired) electrons. The van der Waals surface area contributed by atoms with Crippen LogP contribution in [0.4, 0.5) is 11.4 Å². The molecule has 0 aromatic heterocycles. The predicted octanol–water partition coefficient (Wildman–Crippen LogP) is 7.65. The summed E-state index contributed by atoms with van der Waals surface area (Å²) >= 11 is 0. The highest BCUT2D eigenvalue weighted by molar-refractivity contribution is 7.87. The standard InChI is InChI=1S/C37H26N4O8S2/c38-40-30-17-14-25-27(35(30)42)7-5-9-33(25)51(47,48)49-23-12-10-22(11-13-23)37(20-3-4-21-37)29-8-2-1-6-24(29)26-16-19-32(50(44,45)46)28-15-18-31(41-39)36(43)34(26)28/h1-2,5-19H,3-4,20-21H2,(H-2,42,43,44,45,46). The second kappa shape index (κ2) is 12.4. The van der Waals surface area contributed by atoms with E-state index in [0.29, 0.717) is 24.0 Å². The summed E-state index contributed by atoms with van der Waals surface area (Å²) in [5.41, 5.74) is 1.60. The first kappa shape index (κ1) is 33.4. The van der Waals surface area contributed by atoms with Crippen molar-refractivity contribution in [2.45, 2.75) is 40.9 Å². The highest BCUT2D eigenvalue weighted by Gasteiger charge is 2.39. The van der Waals surface area contributed by atoms with Gasteiger partial charge in [-0.15, -0.1) is 0 Å². The normalized spacial score (nSPS) is 14.3. The lowest BCUT2D eigenvalue weighted by Crippen LogP contribution is -2.24. The molecule has 6 aromatic carbocycles. The minimum Gasteiger partial charge on any atom is -0.867 e. The van der Waals surface area contributed by atoms with Crippen molar-refractivity contribution in [3.05, 3.63) is 124 Å². The largest absolute Gasteiger partial charge is 0.867 e. The summed E-state index contributed by atoms with van der Waals surface area (Å²) in [6, 6.07) is 26.0. The number of benzene rings is 6. The molecule has 0 atom stereocenters. The molecule has 254 valence electrons. The number of hydrogen-bond donors (Lipinski definition) is 1. The first-order valence-corrected chi connectivity index (χ1v) is 18.6. The molecular weight excluding hydrogens is 693 g/mol. The number of nitrogens with zero attached hydrogens (tertiary/aromatic N) is 4. The Kier molecular flexibility index (Phi) is 8.11. The van der Waals surface area contributed by atoms with Crippen molar-refractivity contribution < 1.29 is 35.8 Å². The average molecular weight is 719 g/mol. The summed E-state index contributed by atoms with van der Waals surface area (Å²) in [5.74, 6) is -1.31. The fourth-order valence-corrected chi connectivity index (χ4v) is 9.15. The van der Waals surface area contributed by atoms with Gasteiger partial charge < -0.3 is 14.4 Å². The second-order valence-corrected chi connectivity index (χ2v) is 15.2. The molecule has 1 saturated carbocycles. The smallest absolute Gasteiger partial charge is 0.378 e.